The maximum atomic E-state index is 12.0. The summed E-state index contributed by atoms with van der Waals surface area (Å²) < 4.78 is 1.51. The van der Waals surface area contributed by atoms with Crippen molar-refractivity contribution in [3.05, 3.63) is 52.1 Å². The second-order valence-electron chi connectivity index (χ2n) is 4.13. The van der Waals surface area contributed by atoms with Gasteiger partial charge < -0.3 is 15.2 Å². The van der Waals surface area contributed by atoms with Crippen LogP contribution >= 0.6 is 0 Å². The number of rotatable bonds is 2. The number of hydrogen-bond acceptors (Lipinski definition) is 3. The number of fused-ring (bicyclic) bond motifs is 3. The monoisotopic (exact) mass is 244 g/mol. The van der Waals surface area contributed by atoms with Crippen molar-refractivity contribution in [2.45, 2.75) is 13.2 Å². The standard InChI is InChI=1S/C13H12N2O3/c16-6-9-10(7-17)14-13(18)15-11-4-2-1-3-8(11)5-12(9)15/h1-5,16-17H,6-7H2,(H,14,18). The van der Waals surface area contributed by atoms with E-state index in [2.05, 4.69) is 4.98 Å². The first-order valence-electron chi connectivity index (χ1n) is 5.62. The zero-order valence-electron chi connectivity index (χ0n) is 9.55. The van der Waals surface area contributed by atoms with Gasteiger partial charge in [0.2, 0.25) is 0 Å². The third-order valence-electron chi connectivity index (χ3n) is 3.16. The predicted molar refractivity (Wildman–Crippen MR) is 67.4 cm³/mol. The van der Waals surface area contributed by atoms with Crippen LogP contribution in [-0.4, -0.2) is 19.6 Å². The average Bonchev–Trinajstić information content (AvgIpc) is 2.78. The largest absolute Gasteiger partial charge is 0.392 e. The molecule has 0 unspecified atom stereocenters. The summed E-state index contributed by atoms with van der Waals surface area (Å²) in [6.07, 6.45) is 0. The highest BCUT2D eigenvalue weighted by Gasteiger charge is 2.13. The first kappa shape index (κ1) is 11.0. The number of nitrogens with zero attached hydrogens (tertiary/aromatic N) is 1. The normalized spacial score (nSPS) is 11.4. The van der Waals surface area contributed by atoms with E-state index in [1.54, 1.807) is 0 Å². The highest BCUT2D eigenvalue weighted by molar-refractivity contribution is 5.88. The molecule has 5 heteroatoms. The second-order valence-corrected chi connectivity index (χ2v) is 4.13. The molecule has 0 saturated heterocycles. The summed E-state index contributed by atoms with van der Waals surface area (Å²) in [6.45, 7) is -0.532. The fourth-order valence-corrected chi connectivity index (χ4v) is 2.32. The van der Waals surface area contributed by atoms with Crippen LogP contribution in [0.2, 0.25) is 0 Å². The molecule has 0 atom stereocenters. The number of aliphatic hydroxyl groups is 2. The van der Waals surface area contributed by atoms with Gasteiger partial charge >= 0.3 is 5.69 Å². The van der Waals surface area contributed by atoms with Gasteiger partial charge in [0.25, 0.3) is 0 Å². The van der Waals surface area contributed by atoms with Crippen molar-refractivity contribution in [2.24, 2.45) is 0 Å². The number of H-pyrrole nitrogens is 1. The second kappa shape index (κ2) is 3.97. The van der Waals surface area contributed by atoms with Crippen LogP contribution in [0.4, 0.5) is 0 Å². The van der Waals surface area contributed by atoms with Gasteiger partial charge in [-0.3, -0.25) is 4.40 Å². The Labute approximate surface area is 102 Å². The van der Waals surface area contributed by atoms with E-state index in [0.29, 0.717) is 16.8 Å². The zero-order valence-corrected chi connectivity index (χ0v) is 9.55. The quantitative estimate of drug-likeness (QED) is 0.623. The molecular weight excluding hydrogens is 232 g/mol. The number of benzene rings is 1. The van der Waals surface area contributed by atoms with Crippen LogP contribution in [0, 0.1) is 0 Å². The van der Waals surface area contributed by atoms with Gasteiger partial charge in [-0.1, -0.05) is 18.2 Å². The molecule has 0 fully saturated rings. The SMILES string of the molecule is O=c1[nH]c(CO)c(CO)c2cc3ccccc3n12. The Morgan fingerprint density at radius 3 is 2.61 bits per heavy atom. The van der Waals surface area contributed by atoms with Gasteiger partial charge in [-0.25, -0.2) is 4.79 Å². The molecule has 1 aromatic carbocycles. The van der Waals surface area contributed by atoms with Crippen LogP contribution in [0.3, 0.4) is 0 Å². The lowest BCUT2D eigenvalue weighted by Crippen LogP contribution is -2.20. The van der Waals surface area contributed by atoms with Crippen LogP contribution in [0.25, 0.3) is 16.4 Å². The molecule has 2 aromatic heterocycles. The minimum Gasteiger partial charge on any atom is -0.392 e. The maximum Gasteiger partial charge on any atom is 0.330 e. The predicted octanol–water partition coefficient (Wildman–Crippen LogP) is 0.765. The van der Waals surface area contributed by atoms with Crippen molar-refractivity contribution < 1.29 is 10.2 Å². The lowest BCUT2D eigenvalue weighted by molar-refractivity contribution is 0.256. The smallest absolute Gasteiger partial charge is 0.330 e. The summed E-state index contributed by atoms with van der Waals surface area (Å²) in [4.78, 5) is 14.6. The summed E-state index contributed by atoms with van der Waals surface area (Å²) in [5.74, 6) is 0. The molecule has 0 spiro atoms. The fourth-order valence-electron chi connectivity index (χ4n) is 2.32. The number of para-hydroxylation sites is 1. The molecular formula is C13H12N2O3. The Kier molecular flexibility index (Phi) is 2.43. The van der Waals surface area contributed by atoms with Gasteiger partial charge in [0.15, 0.2) is 0 Å². The first-order valence-corrected chi connectivity index (χ1v) is 5.62. The molecule has 0 saturated carbocycles. The Morgan fingerprint density at radius 2 is 1.89 bits per heavy atom. The van der Waals surface area contributed by atoms with Crippen LogP contribution in [0.15, 0.2) is 35.1 Å². The molecule has 2 heterocycles. The van der Waals surface area contributed by atoms with Crippen molar-refractivity contribution in [2.75, 3.05) is 0 Å². The molecule has 0 aliphatic heterocycles. The third-order valence-corrected chi connectivity index (χ3v) is 3.16. The average molecular weight is 244 g/mol. The molecule has 3 aromatic rings. The van der Waals surface area contributed by atoms with Crippen LogP contribution in [0.5, 0.6) is 0 Å². The minimum absolute atomic E-state index is 0.230. The first-order chi connectivity index (χ1) is 8.76. The lowest BCUT2D eigenvalue weighted by Gasteiger charge is -2.07. The summed E-state index contributed by atoms with van der Waals surface area (Å²) >= 11 is 0. The van der Waals surface area contributed by atoms with Crippen LogP contribution < -0.4 is 5.69 Å². The fraction of sp³-hybridized carbons (Fsp3) is 0.154. The van der Waals surface area contributed by atoms with Crippen LogP contribution in [-0.2, 0) is 13.2 Å². The minimum atomic E-state index is -0.313. The van der Waals surface area contributed by atoms with E-state index < -0.39 is 0 Å². The third kappa shape index (κ3) is 1.38. The van der Waals surface area contributed by atoms with E-state index in [-0.39, 0.29) is 18.9 Å². The van der Waals surface area contributed by atoms with Crippen molar-refractivity contribution in [1.82, 2.24) is 9.38 Å². The molecule has 0 bridgehead atoms. The summed E-state index contributed by atoms with van der Waals surface area (Å²) in [7, 11) is 0. The number of aliphatic hydroxyl groups excluding tert-OH is 2. The number of aromatic amines is 1. The van der Waals surface area contributed by atoms with Crippen molar-refractivity contribution in [3.63, 3.8) is 0 Å². The highest BCUT2D eigenvalue weighted by Crippen LogP contribution is 2.22. The van der Waals surface area contributed by atoms with Crippen molar-refractivity contribution >= 4 is 16.4 Å². The van der Waals surface area contributed by atoms with E-state index in [1.807, 2.05) is 30.3 Å². The highest BCUT2D eigenvalue weighted by atomic mass is 16.3. The maximum absolute atomic E-state index is 12.0. The molecule has 3 N–H and O–H groups in total. The number of aromatic nitrogens is 2. The lowest BCUT2D eigenvalue weighted by atomic mass is 10.2. The van der Waals surface area contributed by atoms with Gasteiger partial charge in [0.05, 0.1) is 29.9 Å². The number of nitrogens with one attached hydrogen (secondary N) is 1. The Balaban J connectivity index is 2.58. The van der Waals surface area contributed by atoms with E-state index in [0.717, 1.165) is 10.9 Å². The summed E-state index contributed by atoms with van der Waals surface area (Å²) in [5.41, 5.74) is 2.01. The van der Waals surface area contributed by atoms with Gasteiger partial charge in [-0.2, -0.15) is 0 Å². The molecule has 5 nitrogen and oxygen atoms in total. The van der Waals surface area contributed by atoms with Crippen molar-refractivity contribution in [3.8, 4) is 0 Å². The number of hydrogen-bond donors (Lipinski definition) is 3. The Bertz CT molecular complexity index is 786. The molecule has 0 amide bonds. The zero-order chi connectivity index (χ0) is 12.7. The molecule has 18 heavy (non-hydrogen) atoms. The summed E-state index contributed by atoms with van der Waals surface area (Å²) in [6, 6.07) is 9.34. The van der Waals surface area contributed by atoms with Gasteiger partial charge in [0, 0.05) is 10.9 Å². The Hall–Kier alpha value is -2.11. The van der Waals surface area contributed by atoms with E-state index in [1.165, 1.54) is 4.40 Å². The van der Waals surface area contributed by atoms with Crippen molar-refractivity contribution in [1.29, 1.82) is 0 Å². The van der Waals surface area contributed by atoms with Crippen LogP contribution in [0.1, 0.15) is 11.3 Å². The molecule has 0 aliphatic rings. The molecule has 92 valence electrons. The molecule has 0 radical (unpaired) electrons. The van der Waals surface area contributed by atoms with E-state index in [9.17, 15) is 15.0 Å². The van der Waals surface area contributed by atoms with Gasteiger partial charge in [-0.15, -0.1) is 0 Å². The molecule has 3 rings (SSSR count). The molecule has 0 aliphatic carbocycles. The summed E-state index contributed by atoms with van der Waals surface area (Å²) in [5, 5.41) is 19.6. The van der Waals surface area contributed by atoms with E-state index in [4.69, 9.17) is 0 Å². The van der Waals surface area contributed by atoms with Gasteiger partial charge in [-0.05, 0) is 12.1 Å². The van der Waals surface area contributed by atoms with Gasteiger partial charge in [0.1, 0.15) is 0 Å². The topological polar surface area (TPSA) is 77.7 Å². The Morgan fingerprint density at radius 1 is 1.11 bits per heavy atom. The van der Waals surface area contributed by atoms with E-state index >= 15 is 0 Å².